The molecule has 1 aliphatic rings. The van der Waals surface area contributed by atoms with Crippen molar-refractivity contribution >= 4 is 5.91 Å². The third kappa shape index (κ3) is 2.72. The van der Waals surface area contributed by atoms with Crippen LogP contribution >= 0.6 is 0 Å². The van der Waals surface area contributed by atoms with E-state index >= 15 is 0 Å². The largest absolute Gasteiger partial charge is 0.370 e. The number of likely N-dealkylation sites (tertiary alicyclic amines) is 1. The first-order valence-corrected chi connectivity index (χ1v) is 5.69. The highest BCUT2D eigenvalue weighted by atomic mass is 16.5. The molecule has 3 atom stereocenters. The minimum Gasteiger partial charge on any atom is -0.370 e. The van der Waals surface area contributed by atoms with Crippen LogP contribution in [0.4, 0.5) is 0 Å². The van der Waals surface area contributed by atoms with Gasteiger partial charge in [0.15, 0.2) is 0 Å². The molecule has 1 amide bonds. The highest BCUT2D eigenvalue weighted by molar-refractivity contribution is 5.81. The Morgan fingerprint density at radius 2 is 2.19 bits per heavy atom. The molecule has 0 spiro atoms. The van der Waals surface area contributed by atoms with Gasteiger partial charge in [-0.05, 0) is 20.0 Å². The summed E-state index contributed by atoms with van der Waals surface area (Å²) in [6.45, 7) is 3.98. The summed E-state index contributed by atoms with van der Waals surface area (Å²) in [6, 6.07) is 0.430. The maximum Gasteiger partial charge on any atom is 0.253 e. The number of rotatable bonds is 4. The van der Waals surface area contributed by atoms with Crippen LogP contribution in [-0.4, -0.2) is 68.7 Å². The Balaban J connectivity index is 2.61. The second kappa shape index (κ2) is 5.61. The second-order valence-corrected chi connectivity index (χ2v) is 4.71. The number of amides is 1. The summed E-state index contributed by atoms with van der Waals surface area (Å²) < 4.78 is 5.07. The number of methoxy groups -OCH3 is 1. The van der Waals surface area contributed by atoms with E-state index < -0.39 is 6.10 Å². The van der Waals surface area contributed by atoms with Crippen molar-refractivity contribution in [1.82, 2.24) is 9.80 Å². The molecule has 1 fully saturated rings. The van der Waals surface area contributed by atoms with Gasteiger partial charge in [0.1, 0.15) is 6.10 Å². The third-order valence-electron chi connectivity index (χ3n) is 3.32. The quantitative estimate of drug-likeness (QED) is 0.697. The summed E-state index contributed by atoms with van der Waals surface area (Å²) in [5.41, 5.74) is 5.50. The molecule has 0 saturated carbocycles. The van der Waals surface area contributed by atoms with Crippen molar-refractivity contribution in [2.24, 2.45) is 11.7 Å². The summed E-state index contributed by atoms with van der Waals surface area (Å²) in [4.78, 5) is 16.1. The Labute approximate surface area is 97.5 Å². The standard InChI is InChI=1S/C11H23N3O2/c1-8-6-14(7-9(8)13(2)3)11(15)10(5-12)16-4/h8-10H,5-7,12H2,1-4H3. The second-order valence-electron chi connectivity index (χ2n) is 4.71. The number of carbonyl (C=O) groups excluding carboxylic acids is 1. The van der Waals surface area contributed by atoms with E-state index in [-0.39, 0.29) is 12.5 Å². The molecule has 0 aromatic heterocycles. The fourth-order valence-electron chi connectivity index (χ4n) is 2.30. The summed E-state index contributed by atoms with van der Waals surface area (Å²) in [5.74, 6) is 0.510. The van der Waals surface area contributed by atoms with Crippen molar-refractivity contribution < 1.29 is 9.53 Å². The van der Waals surface area contributed by atoms with Crippen LogP contribution in [0.1, 0.15) is 6.92 Å². The van der Waals surface area contributed by atoms with Crippen molar-refractivity contribution in [3.05, 3.63) is 0 Å². The maximum absolute atomic E-state index is 12.0. The van der Waals surface area contributed by atoms with Crippen LogP contribution in [-0.2, 0) is 9.53 Å². The summed E-state index contributed by atoms with van der Waals surface area (Å²) >= 11 is 0. The van der Waals surface area contributed by atoms with Crippen molar-refractivity contribution in [1.29, 1.82) is 0 Å². The smallest absolute Gasteiger partial charge is 0.253 e. The molecule has 1 rings (SSSR count). The molecule has 3 unspecified atom stereocenters. The Morgan fingerprint density at radius 1 is 1.56 bits per heavy atom. The zero-order chi connectivity index (χ0) is 12.3. The zero-order valence-corrected chi connectivity index (χ0v) is 10.6. The van der Waals surface area contributed by atoms with Crippen LogP contribution in [0.15, 0.2) is 0 Å². The zero-order valence-electron chi connectivity index (χ0n) is 10.6. The van der Waals surface area contributed by atoms with Gasteiger partial charge in [-0.25, -0.2) is 0 Å². The molecule has 1 aliphatic heterocycles. The topological polar surface area (TPSA) is 58.8 Å². The lowest BCUT2D eigenvalue weighted by molar-refractivity contribution is -0.140. The number of carbonyl (C=O) groups is 1. The van der Waals surface area contributed by atoms with E-state index in [1.807, 2.05) is 19.0 Å². The van der Waals surface area contributed by atoms with Gasteiger partial charge in [0.05, 0.1) is 0 Å². The van der Waals surface area contributed by atoms with E-state index in [1.165, 1.54) is 7.11 Å². The summed E-state index contributed by atoms with van der Waals surface area (Å²) in [6.07, 6.45) is -0.492. The van der Waals surface area contributed by atoms with Gasteiger partial charge < -0.3 is 20.3 Å². The molecular formula is C11H23N3O2. The molecule has 0 aliphatic carbocycles. The van der Waals surface area contributed by atoms with Crippen LogP contribution in [0.25, 0.3) is 0 Å². The van der Waals surface area contributed by atoms with Crippen LogP contribution < -0.4 is 5.73 Å². The van der Waals surface area contributed by atoms with Gasteiger partial charge in [-0.15, -0.1) is 0 Å². The summed E-state index contributed by atoms with van der Waals surface area (Å²) in [7, 11) is 5.62. The van der Waals surface area contributed by atoms with Gasteiger partial charge in [-0.2, -0.15) is 0 Å². The predicted molar refractivity (Wildman–Crippen MR) is 63.1 cm³/mol. The van der Waals surface area contributed by atoms with E-state index in [1.54, 1.807) is 0 Å². The number of hydrogen-bond donors (Lipinski definition) is 1. The molecule has 5 nitrogen and oxygen atoms in total. The molecule has 0 radical (unpaired) electrons. The van der Waals surface area contributed by atoms with E-state index in [2.05, 4.69) is 11.8 Å². The fraction of sp³-hybridized carbons (Fsp3) is 0.909. The van der Waals surface area contributed by atoms with Gasteiger partial charge in [0.2, 0.25) is 0 Å². The van der Waals surface area contributed by atoms with Crippen LogP contribution in [0.5, 0.6) is 0 Å². The lowest BCUT2D eigenvalue weighted by atomic mass is 10.1. The minimum absolute atomic E-state index is 0.0150. The Hall–Kier alpha value is -0.650. The van der Waals surface area contributed by atoms with Crippen LogP contribution in [0.3, 0.4) is 0 Å². The molecule has 16 heavy (non-hydrogen) atoms. The predicted octanol–water partition coefficient (Wildman–Crippen LogP) is -0.631. The highest BCUT2D eigenvalue weighted by Gasteiger charge is 2.35. The number of nitrogens with zero attached hydrogens (tertiary/aromatic N) is 2. The highest BCUT2D eigenvalue weighted by Crippen LogP contribution is 2.20. The summed E-state index contributed by atoms with van der Waals surface area (Å²) in [5, 5.41) is 0. The average molecular weight is 229 g/mol. The molecule has 0 aromatic carbocycles. The monoisotopic (exact) mass is 229 g/mol. The molecular weight excluding hydrogens is 206 g/mol. The van der Waals surface area contributed by atoms with Crippen molar-refractivity contribution in [2.45, 2.75) is 19.1 Å². The molecule has 94 valence electrons. The minimum atomic E-state index is -0.492. The first-order chi connectivity index (χ1) is 7.51. The van der Waals surface area contributed by atoms with Crippen LogP contribution in [0.2, 0.25) is 0 Å². The van der Waals surface area contributed by atoms with E-state index in [0.29, 0.717) is 12.0 Å². The van der Waals surface area contributed by atoms with E-state index in [9.17, 15) is 4.79 Å². The molecule has 1 heterocycles. The maximum atomic E-state index is 12.0. The van der Waals surface area contributed by atoms with E-state index in [4.69, 9.17) is 10.5 Å². The molecule has 1 saturated heterocycles. The number of ether oxygens (including phenoxy) is 1. The lowest BCUT2D eigenvalue weighted by Gasteiger charge is -2.23. The van der Waals surface area contributed by atoms with Gasteiger partial charge in [0, 0.05) is 32.8 Å². The Bertz CT molecular complexity index is 241. The molecule has 0 bridgehead atoms. The van der Waals surface area contributed by atoms with Gasteiger partial charge >= 0.3 is 0 Å². The van der Waals surface area contributed by atoms with Gasteiger partial charge in [-0.1, -0.05) is 6.92 Å². The average Bonchev–Trinajstić information content (AvgIpc) is 2.62. The van der Waals surface area contributed by atoms with Crippen molar-refractivity contribution in [2.75, 3.05) is 40.8 Å². The molecule has 5 heteroatoms. The molecule has 2 N–H and O–H groups in total. The van der Waals surface area contributed by atoms with Crippen LogP contribution in [0, 0.1) is 5.92 Å². The number of hydrogen-bond acceptors (Lipinski definition) is 4. The van der Waals surface area contributed by atoms with Gasteiger partial charge in [0.25, 0.3) is 5.91 Å². The Kier molecular flexibility index (Phi) is 4.70. The van der Waals surface area contributed by atoms with Crippen molar-refractivity contribution in [3.8, 4) is 0 Å². The normalized spacial score (nSPS) is 27.5. The van der Waals surface area contributed by atoms with E-state index in [0.717, 1.165) is 13.1 Å². The lowest BCUT2D eigenvalue weighted by Crippen LogP contribution is -2.43. The van der Waals surface area contributed by atoms with Gasteiger partial charge in [-0.3, -0.25) is 4.79 Å². The van der Waals surface area contributed by atoms with Crippen molar-refractivity contribution in [3.63, 3.8) is 0 Å². The first-order valence-electron chi connectivity index (χ1n) is 5.69. The SMILES string of the molecule is COC(CN)C(=O)N1CC(C)C(N(C)C)C1. The fourth-order valence-corrected chi connectivity index (χ4v) is 2.30. The first kappa shape index (κ1) is 13.4. The third-order valence-corrected chi connectivity index (χ3v) is 3.32. The Morgan fingerprint density at radius 3 is 2.56 bits per heavy atom. The molecule has 0 aromatic rings. The number of nitrogens with two attached hydrogens (primary N) is 1. The number of likely N-dealkylation sites (N-methyl/N-ethyl adjacent to an activating group) is 1.